The van der Waals surface area contributed by atoms with E-state index in [1.807, 2.05) is 4.72 Å². The number of carbonyl (C=O) groups is 4. The van der Waals surface area contributed by atoms with Crippen LogP contribution in [0.4, 0.5) is 16.4 Å². The predicted molar refractivity (Wildman–Crippen MR) is 201 cm³/mol. The molecule has 0 bridgehead atoms. The highest BCUT2D eigenvalue weighted by Gasteiger charge is 2.21. The summed E-state index contributed by atoms with van der Waals surface area (Å²) in [6, 6.07) is 7.61. The fourth-order valence-corrected chi connectivity index (χ4v) is 5.67. The lowest BCUT2D eigenvalue weighted by atomic mass is 10.1. The van der Waals surface area contributed by atoms with Crippen molar-refractivity contribution < 1.29 is 56.8 Å². The van der Waals surface area contributed by atoms with Gasteiger partial charge in [-0.2, -0.15) is 15.0 Å². The van der Waals surface area contributed by atoms with Crippen LogP contribution < -0.4 is 30.0 Å². The van der Waals surface area contributed by atoms with Crippen LogP contribution in [-0.2, 0) is 25.3 Å². The Balaban J connectivity index is 0.000000322. The van der Waals surface area contributed by atoms with Crippen LogP contribution in [0.5, 0.6) is 17.6 Å². The minimum Gasteiger partial charge on any atom is -0.481 e. The average molecular weight is 908 g/mol. The number of nitrogens with one attached hydrogen (secondary N) is 2. The number of aliphatic carboxylic acids is 1. The molecule has 1 aromatic carbocycles. The molecule has 0 aliphatic carbocycles. The number of hydrogen-bond acceptors (Lipinski definition) is 15. The molecule has 0 atom stereocenters. The van der Waals surface area contributed by atoms with Crippen LogP contribution >= 0.6 is 69.6 Å². The van der Waals surface area contributed by atoms with E-state index in [-0.39, 0.29) is 70.8 Å². The van der Waals surface area contributed by atoms with E-state index in [2.05, 4.69) is 30.0 Å². The number of aromatic carboxylic acids is 1. The van der Waals surface area contributed by atoms with Crippen LogP contribution in [0.3, 0.4) is 0 Å². The molecular formula is C29H25Cl6N7O12S. The van der Waals surface area contributed by atoms with Crippen LogP contribution in [0.25, 0.3) is 0 Å². The van der Waals surface area contributed by atoms with Crippen molar-refractivity contribution in [2.24, 2.45) is 0 Å². The predicted octanol–water partition coefficient (Wildman–Crippen LogP) is 5.76. The second-order valence-corrected chi connectivity index (χ2v) is 13.6. The molecule has 296 valence electrons. The van der Waals surface area contributed by atoms with Crippen molar-refractivity contribution in [2.75, 3.05) is 39.0 Å². The molecule has 2 amide bonds. The lowest BCUT2D eigenvalue weighted by Crippen LogP contribution is -2.36. The van der Waals surface area contributed by atoms with E-state index < -0.39 is 52.0 Å². The summed E-state index contributed by atoms with van der Waals surface area (Å²) in [6.07, 6.45) is 0. The number of nitrogens with zero attached hydrogens (tertiary/aromatic N) is 4. The van der Waals surface area contributed by atoms with Crippen LogP contribution in [0.15, 0.2) is 36.4 Å². The number of pyridine rings is 2. The van der Waals surface area contributed by atoms with Crippen molar-refractivity contribution in [1.82, 2.24) is 24.7 Å². The summed E-state index contributed by atoms with van der Waals surface area (Å²) in [5.74, 6) is -3.80. The number of urea groups is 1. The van der Waals surface area contributed by atoms with Crippen LogP contribution in [0.2, 0.25) is 30.4 Å². The molecule has 4 rings (SSSR count). The molecule has 3 heterocycles. The van der Waals surface area contributed by atoms with E-state index in [1.54, 1.807) is 12.1 Å². The molecule has 0 saturated carbocycles. The molecule has 0 aliphatic rings. The van der Waals surface area contributed by atoms with E-state index in [0.29, 0.717) is 0 Å². The molecule has 55 heavy (non-hydrogen) atoms. The minimum absolute atomic E-state index is 0.0106. The van der Waals surface area contributed by atoms with E-state index in [4.69, 9.17) is 99.8 Å². The van der Waals surface area contributed by atoms with Gasteiger partial charge in [0, 0.05) is 0 Å². The third-order valence-electron chi connectivity index (χ3n) is 5.80. The van der Waals surface area contributed by atoms with Gasteiger partial charge in [0.2, 0.25) is 33.6 Å². The smallest absolute Gasteiger partial charge is 0.356 e. The molecule has 19 nitrogen and oxygen atoms in total. The topological polar surface area (TPSA) is 281 Å². The fourth-order valence-electron chi connectivity index (χ4n) is 3.47. The highest BCUT2D eigenvalue weighted by molar-refractivity contribution is 7.89. The standard InChI is InChI=1S/C16H18N4O7S.C7H4Cl3NO3.C6H3Cl3N2O2/c1-25-12-8-13(26-2)18-15(17-12)19-16(22)20-28(23,24)9-10-6-4-5-7-11(10)14(21)27-3;8-3-1-4(9)7(11-6(3)10)14-2-5(12)13;7-1-3(10)2(8)5(9)11-4(1)6(12)13/h4-8H,9H2,1-3H3,(H2,17,18,19,20,22);1H,2H2,(H,12,13);(H2,10,11)(H,12,13). The number of methoxy groups -OCH3 is 3. The first-order chi connectivity index (χ1) is 25.7. The highest BCUT2D eigenvalue weighted by Crippen LogP contribution is 2.34. The third-order valence-corrected chi connectivity index (χ3v) is 9.07. The quantitative estimate of drug-likeness (QED) is 0.0883. The molecule has 0 unspecified atom stereocenters. The zero-order valence-electron chi connectivity index (χ0n) is 27.9. The van der Waals surface area contributed by atoms with E-state index in [9.17, 15) is 27.6 Å². The van der Waals surface area contributed by atoms with Crippen LogP contribution in [0, 0.1) is 0 Å². The number of hydrogen-bond donors (Lipinski definition) is 5. The zero-order valence-corrected chi connectivity index (χ0v) is 33.2. The summed E-state index contributed by atoms with van der Waals surface area (Å²) in [6.45, 7) is -0.537. The molecule has 6 N–H and O–H groups in total. The number of benzene rings is 1. The summed E-state index contributed by atoms with van der Waals surface area (Å²) in [4.78, 5) is 59.3. The third kappa shape index (κ3) is 14.4. The number of anilines is 2. The Morgan fingerprint density at radius 3 is 1.96 bits per heavy atom. The molecular weight excluding hydrogens is 883 g/mol. The normalized spacial score (nSPS) is 10.3. The number of halogens is 6. The second kappa shape index (κ2) is 21.3. The number of nitrogen functional groups attached to an aromatic ring is 1. The Morgan fingerprint density at radius 2 is 1.42 bits per heavy atom. The first-order valence-corrected chi connectivity index (χ1v) is 18.0. The summed E-state index contributed by atoms with van der Waals surface area (Å²) in [5.41, 5.74) is 5.13. The molecule has 0 saturated heterocycles. The van der Waals surface area contributed by atoms with E-state index in [1.165, 1.54) is 45.6 Å². The Kier molecular flexibility index (Phi) is 17.9. The molecule has 0 radical (unpaired) electrons. The highest BCUT2D eigenvalue weighted by atomic mass is 35.5. The number of nitrogens with two attached hydrogens (primary N) is 1. The van der Waals surface area contributed by atoms with Gasteiger partial charge in [-0.25, -0.2) is 37.3 Å². The van der Waals surface area contributed by atoms with Gasteiger partial charge in [0.15, 0.2) is 22.6 Å². The molecule has 0 fully saturated rings. The second-order valence-electron chi connectivity index (χ2n) is 9.57. The lowest BCUT2D eigenvalue weighted by molar-refractivity contribution is -0.139. The molecule has 0 spiro atoms. The first-order valence-electron chi connectivity index (χ1n) is 14.1. The van der Waals surface area contributed by atoms with Gasteiger partial charge in [-0.3, -0.25) is 5.32 Å². The Bertz CT molecular complexity index is 2160. The average Bonchev–Trinajstić information content (AvgIpc) is 3.12. The fraction of sp³-hybridized carbons (Fsp3) is 0.172. The summed E-state index contributed by atoms with van der Waals surface area (Å²) >= 11 is 33.4. The number of carboxylic acids is 2. The van der Waals surface area contributed by atoms with E-state index >= 15 is 0 Å². The molecule has 0 aliphatic heterocycles. The number of rotatable bonds is 11. The Labute approximate surface area is 340 Å². The zero-order chi connectivity index (χ0) is 41.6. The van der Waals surface area contributed by atoms with Gasteiger partial charge in [-0.05, 0) is 17.7 Å². The number of carboxylic acid groups (broad SMARTS) is 2. The van der Waals surface area contributed by atoms with Crippen molar-refractivity contribution in [3.8, 4) is 17.6 Å². The number of aromatic nitrogens is 4. The lowest BCUT2D eigenvalue weighted by Gasteiger charge is -2.11. The molecule has 26 heteroatoms. The maximum Gasteiger partial charge on any atom is 0.356 e. The number of ether oxygens (including phenoxy) is 4. The Hall–Kier alpha value is -4.83. The number of sulfonamides is 1. The molecule has 3 aromatic heterocycles. The molecule has 4 aromatic rings. The Morgan fingerprint density at radius 1 is 0.818 bits per heavy atom. The van der Waals surface area contributed by atoms with Gasteiger partial charge < -0.3 is 34.9 Å². The maximum absolute atomic E-state index is 12.3. The van der Waals surface area contributed by atoms with Crippen molar-refractivity contribution in [3.63, 3.8) is 0 Å². The van der Waals surface area contributed by atoms with Gasteiger partial charge in [0.25, 0.3) is 0 Å². The first kappa shape index (κ1) is 46.3. The van der Waals surface area contributed by atoms with E-state index in [0.717, 1.165) is 0 Å². The van der Waals surface area contributed by atoms with Crippen LogP contribution in [-0.4, -0.2) is 90.4 Å². The largest absolute Gasteiger partial charge is 0.481 e. The van der Waals surface area contributed by atoms with Crippen molar-refractivity contribution in [1.29, 1.82) is 0 Å². The van der Waals surface area contributed by atoms with Crippen LogP contribution in [0.1, 0.15) is 26.4 Å². The van der Waals surface area contributed by atoms with Gasteiger partial charge in [0.1, 0.15) is 10.0 Å². The van der Waals surface area contributed by atoms with Gasteiger partial charge in [0.05, 0.1) is 54.4 Å². The maximum atomic E-state index is 12.3. The monoisotopic (exact) mass is 905 g/mol. The number of carbonyl (C=O) groups excluding carboxylic acids is 2. The van der Waals surface area contributed by atoms with Crippen molar-refractivity contribution >= 4 is 115 Å². The number of esters is 1. The van der Waals surface area contributed by atoms with Gasteiger partial charge in [-0.1, -0.05) is 87.8 Å². The summed E-state index contributed by atoms with van der Waals surface area (Å²) in [7, 11) is -0.243. The minimum atomic E-state index is -4.14. The van der Waals surface area contributed by atoms with Gasteiger partial charge >= 0.3 is 23.9 Å². The van der Waals surface area contributed by atoms with Crippen molar-refractivity contribution in [3.05, 3.63) is 83.6 Å². The summed E-state index contributed by atoms with van der Waals surface area (Å²) in [5, 5.41) is 19.0. The van der Waals surface area contributed by atoms with Gasteiger partial charge in [-0.15, -0.1) is 0 Å². The summed E-state index contributed by atoms with van der Waals surface area (Å²) < 4.78 is 45.7. The number of amides is 2. The van der Waals surface area contributed by atoms with Crippen molar-refractivity contribution in [2.45, 2.75) is 5.75 Å². The SMILES string of the molecule is COC(=O)c1ccccc1CS(=O)(=O)NC(=O)Nc1nc(OC)cc(OC)n1.Nc1c(Cl)c(Cl)nc(C(=O)O)c1Cl.O=C(O)COc1nc(Cl)c(Cl)cc1Cl.